The highest BCUT2D eigenvalue weighted by Gasteiger charge is 2.10. The van der Waals surface area contributed by atoms with Crippen molar-refractivity contribution < 1.29 is 9.13 Å². The highest BCUT2D eigenvalue weighted by Crippen LogP contribution is 2.14. The van der Waals surface area contributed by atoms with Gasteiger partial charge in [0.25, 0.3) is 0 Å². The van der Waals surface area contributed by atoms with Gasteiger partial charge in [-0.1, -0.05) is 13.0 Å². The summed E-state index contributed by atoms with van der Waals surface area (Å²) in [4.78, 5) is 10.5. The largest absolute Gasteiger partial charge is 0.489 e. The molecule has 146 valence electrons. The maximum atomic E-state index is 13.3. The summed E-state index contributed by atoms with van der Waals surface area (Å²) in [6.45, 7) is 3.22. The minimum Gasteiger partial charge on any atom is -0.489 e. The third-order valence-corrected chi connectivity index (χ3v) is 4.00. The summed E-state index contributed by atoms with van der Waals surface area (Å²) in [5.41, 5.74) is 1.11. The molecule has 0 aliphatic heterocycles. The second-order valence-electron chi connectivity index (χ2n) is 6.33. The summed E-state index contributed by atoms with van der Waals surface area (Å²) in [6, 6.07) is 10.2. The van der Waals surface area contributed by atoms with Crippen molar-refractivity contribution in [3.05, 3.63) is 54.0 Å². The third-order valence-electron chi connectivity index (χ3n) is 4.00. The molecule has 2 N–H and O–H groups in total. The van der Waals surface area contributed by atoms with E-state index in [1.54, 1.807) is 25.4 Å². The molecule has 0 saturated carbocycles. The Morgan fingerprint density at radius 3 is 2.74 bits per heavy atom. The molecule has 0 radical (unpaired) electrons. The number of hydrogen-bond acceptors (Lipinski definition) is 4. The zero-order valence-corrected chi connectivity index (χ0v) is 16.4. The predicted octanol–water partition coefficient (Wildman–Crippen LogP) is 2.81. The number of guanidine groups is 1. The SMILES string of the molecule is CCC(CNC(=NC)NCc1ccnc(N(C)C)c1)Oc1cccc(F)c1. The topological polar surface area (TPSA) is 61.8 Å². The summed E-state index contributed by atoms with van der Waals surface area (Å²) in [5, 5.41) is 6.54. The maximum absolute atomic E-state index is 13.3. The fourth-order valence-electron chi connectivity index (χ4n) is 2.43. The number of pyridine rings is 1. The lowest BCUT2D eigenvalue weighted by molar-refractivity contribution is 0.199. The van der Waals surface area contributed by atoms with Gasteiger partial charge in [0.05, 0.1) is 6.54 Å². The van der Waals surface area contributed by atoms with E-state index in [0.29, 0.717) is 24.8 Å². The first kappa shape index (κ1) is 20.5. The molecular formula is C20H28FN5O. The molecule has 2 aromatic rings. The number of anilines is 1. The first-order chi connectivity index (χ1) is 13.0. The molecule has 0 aliphatic rings. The molecule has 1 atom stereocenters. The Morgan fingerprint density at radius 2 is 2.07 bits per heavy atom. The summed E-state index contributed by atoms with van der Waals surface area (Å²) >= 11 is 0. The maximum Gasteiger partial charge on any atom is 0.191 e. The molecule has 0 amide bonds. The van der Waals surface area contributed by atoms with Gasteiger partial charge in [-0.2, -0.15) is 0 Å². The van der Waals surface area contributed by atoms with Crippen LogP contribution in [0.25, 0.3) is 0 Å². The fourth-order valence-corrected chi connectivity index (χ4v) is 2.43. The van der Waals surface area contributed by atoms with Crippen molar-refractivity contribution in [3.8, 4) is 5.75 Å². The van der Waals surface area contributed by atoms with Crippen molar-refractivity contribution in [2.45, 2.75) is 26.0 Å². The Morgan fingerprint density at radius 1 is 1.26 bits per heavy atom. The van der Waals surface area contributed by atoms with E-state index in [2.05, 4.69) is 20.6 Å². The van der Waals surface area contributed by atoms with Crippen LogP contribution in [0.5, 0.6) is 5.75 Å². The van der Waals surface area contributed by atoms with Crippen molar-refractivity contribution in [1.82, 2.24) is 15.6 Å². The minimum atomic E-state index is -0.303. The van der Waals surface area contributed by atoms with Crippen molar-refractivity contribution in [3.63, 3.8) is 0 Å². The number of nitrogens with one attached hydrogen (secondary N) is 2. The number of ether oxygens (including phenoxy) is 1. The first-order valence-electron chi connectivity index (χ1n) is 9.00. The average Bonchev–Trinajstić information content (AvgIpc) is 2.67. The van der Waals surface area contributed by atoms with Gasteiger partial charge >= 0.3 is 0 Å². The predicted molar refractivity (Wildman–Crippen MR) is 108 cm³/mol. The summed E-state index contributed by atoms with van der Waals surface area (Å²) in [7, 11) is 5.65. The van der Waals surface area contributed by atoms with Crippen LogP contribution in [-0.4, -0.2) is 44.7 Å². The second-order valence-corrected chi connectivity index (χ2v) is 6.33. The number of nitrogens with zero attached hydrogens (tertiary/aromatic N) is 3. The molecule has 7 heteroatoms. The Balaban J connectivity index is 1.86. The Bertz CT molecular complexity index is 751. The number of halogens is 1. The van der Waals surface area contributed by atoms with Crippen LogP contribution in [0.4, 0.5) is 10.2 Å². The highest BCUT2D eigenvalue weighted by molar-refractivity contribution is 5.79. The van der Waals surface area contributed by atoms with E-state index >= 15 is 0 Å². The summed E-state index contributed by atoms with van der Waals surface area (Å²) in [5.74, 6) is 1.81. The van der Waals surface area contributed by atoms with Crippen LogP contribution >= 0.6 is 0 Å². The standard InChI is InChI=1S/C20H28FN5O/c1-5-17(27-18-8-6-7-16(21)12-18)14-25-20(22-2)24-13-15-9-10-23-19(11-15)26(3)4/h6-12,17H,5,13-14H2,1-4H3,(H2,22,24,25). The van der Waals surface area contributed by atoms with Crippen LogP contribution < -0.4 is 20.3 Å². The minimum absolute atomic E-state index is 0.0911. The number of aliphatic imine (C=N–C) groups is 1. The number of hydrogen-bond donors (Lipinski definition) is 2. The Hall–Kier alpha value is -2.83. The summed E-state index contributed by atoms with van der Waals surface area (Å²) in [6.07, 6.45) is 2.49. The monoisotopic (exact) mass is 373 g/mol. The molecule has 1 heterocycles. The lowest BCUT2D eigenvalue weighted by atomic mass is 10.2. The molecule has 0 aliphatic carbocycles. The van der Waals surface area contributed by atoms with Crippen LogP contribution in [0, 0.1) is 5.82 Å². The molecule has 0 saturated heterocycles. The Kier molecular flexibility index (Phi) is 7.85. The third kappa shape index (κ3) is 6.77. The van der Waals surface area contributed by atoms with Crippen molar-refractivity contribution in [2.75, 3.05) is 32.6 Å². The van der Waals surface area contributed by atoms with E-state index in [4.69, 9.17) is 4.74 Å². The van der Waals surface area contributed by atoms with Gasteiger partial charge in [-0.15, -0.1) is 0 Å². The van der Waals surface area contributed by atoms with Gasteiger partial charge in [0.2, 0.25) is 0 Å². The molecule has 1 unspecified atom stereocenters. The quantitative estimate of drug-likeness (QED) is 0.550. The summed E-state index contributed by atoms with van der Waals surface area (Å²) < 4.78 is 19.1. The van der Waals surface area contributed by atoms with E-state index in [-0.39, 0.29) is 11.9 Å². The normalized spacial score (nSPS) is 12.4. The number of rotatable bonds is 8. The van der Waals surface area contributed by atoms with E-state index in [1.807, 2.05) is 38.1 Å². The van der Waals surface area contributed by atoms with Crippen molar-refractivity contribution >= 4 is 11.8 Å². The van der Waals surface area contributed by atoms with Crippen LogP contribution in [0.2, 0.25) is 0 Å². The average molecular weight is 373 g/mol. The molecule has 27 heavy (non-hydrogen) atoms. The Labute approximate surface area is 160 Å². The molecule has 1 aromatic heterocycles. The van der Waals surface area contributed by atoms with Crippen LogP contribution in [0.3, 0.4) is 0 Å². The molecule has 1 aromatic carbocycles. The van der Waals surface area contributed by atoms with Crippen molar-refractivity contribution in [2.24, 2.45) is 4.99 Å². The van der Waals surface area contributed by atoms with Gasteiger partial charge in [-0.05, 0) is 36.2 Å². The highest BCUT2D eigenvalue weighted by atomic mass is 19.1. The lowest BCUT2D eigenvalue weighted by Gasteiger charge is -2.20. The van der Waals surface area contributed by atoms with Gasteiger partial charge in [-0.3, -0.25) is 4.99 Å². The first-order valence-corrected chi connectivity index (χ1v) is 9.00. The second kappa shape index (κ2) is 10.4. The van der Waals surface area contributed by atoms with Gasteiger partial charge in [0.15, 0.2) is 5.96 Å². The van der Waals surface area contributed by atoms with Crippen LogP contribution in [0.1, 0.15) is 18.9 Å². The van der Waals surface area contributed by atoms with Gasteiger partial charge < -0.3 is 20.3 Å². The van der Waals surface area contributed by atoms with E-state index in [9.17, 15) is 4.39 Å². The van der Waals surface area contributed by atoms with Crippen molar-refractivity contribution in [1.29, 1.82) is 0 Å². The van der Waals surface area contributed by atoms with E-state index in [1.165, 1.54) is 12.1 Å². The molecule has 0 spiro atoms. The molecule has 0 bridgehead atoms. The molecular weight excluding hydrogens is 345 g/mol. The zero-order valence-electron chi connectivity index (χ0n) is 16.4. The smallest absolute Gasteiger partial charge is 0.191 e. The lowest BCUT2D eigenvalue weighted by Crippen LogP contribution is -2.42. The van der Waals surface area contributed by atoms with E-state index in [0.717, 1.165) is 17.8 Å². The van der Waals surface area contributed by atoms with Crippen LogP contribution in [0.15, 0.2) is 47.6 Å². The van der Waals surface area contributed by atoms with Gasteiger partial charge in [-0.25, -0.2) is 9.37 Å². The molecule has 6 nitrogen and oxygen atoms in total. The van der Waals surface area contributed by atoms with Gasteiger partial charge in [0.1, 0.15) is 23.5 Å². The van der Waals surface area contributed by atoms with Crippen LogP contribution in [-0.2, 0) is 6.54 Å². The van der Waals surface area contributed by atoms with E-state index < -0.39 is 0 Å². The van der Waals surface area contributed by atoms with Gasteiger partial charge in [0, 0.05) is 40.0 Å². The number of benzene rings is 1. The fraction of sp³-hybridized carbons (Fsp3) is 0.400. The molecule has 0 fully saturated rings. The number of aromatic nitrogens is 1. The zero-order chi connectivity index (χ0) is 19.6. The molecule has 2 rings (SSSR count).